The third kappa shape index (κ3) is 2.39. The quantitative estimate of drug-likeness (QED) is 0.933. The van der Waals surface area contributed by atoms with E-state index in [-0.39, 0.29) is 10.7 Å². The van der Waals surface area contributed by atoms with Crippen LogP contribution in [0.5, 0.6) is 0 Å². The molecular formula is C13H13NO5S. The van der Waals surface area contributed by atoms with Crippen LogP contribution in [0, 0.1) is 6.92 Å². The normalized spacial score (nSPS) is 11.3. The number of furan rings is 1. The van der Waals surface area contributed by atoms with Crippen molar-refractivity contribution in [3.05, 3.63) is 47.9 Å². The van der Waals surface area contributed by atoms with Crippen molar-refractivity contribution in [3.63, 3.8) is 0 Å². The zero-order valence-corrected chi connectivity index (χ0v) is 11.7. The van der Waals surface area contributed by atoms with Gasteiger partial charge in [-0.05, 0) is 19.1 Å². The maximum Gasteiger partial charge on any atom is 0.371 e. The SMILES string of the molecule is Cc1oc(C(=O)O)cc1S(=O)(=O)N(C)c1ccccc1. The number of carboxylic acid groups (broad SMARTS) is 1. The molecule has 0 saturated heterocycles. The largest absolute Gasteiger partial charge is 0.475 e. The Bertz CT molecular complexity index is 733. The molecule has 1 aromatic heterocycles. The number of aryl methyl sites for hydroxylation is 1. The first-order valence-corrected chi connectivity index (χ1v) is 7.15. The zero-order valence-electron chi connectivity index (χ0n) is 10.9. The number of rotatable bonds is 4. The third-order valence-electron chi connectivity index (χ3n) is 2.84. The van der Waals surface area contributed by atoms with Crippen molar-refractivity contribution in [1.82, 2.24) is 0 Å². The van der Waals surface area contributed by atoms with Gasteiger partial charge in [0.15, 0.2) is 0 Å². The molecule has 0 fully saturated rings. The van der Waals surface area contributed by atoms with Gasteiger partial charge in [0.2, 0.25) is 5.76 Å². The van der Waals surface area contributed by atoms with E-state index in [1.54, 1.807) is 30.3 Å². The first kappa shape index (κ1) is 14.1. The second-order valence-corrected chi connectivity index (χ2v) is 6.08. The Kier molecular flexibility index (Phi) is 3.54. The molecule has 0 unspecified atom stereocenters. The number of para-hydroxylation sites is 1. The van der Waals surface area contributed by atoms with Gasteiger partial charge in [-0.3, -0.25) is 4.31 Å². The minimum atomic E-state index is -3.86. The molecule has 1 aromatic carbocycles. The molecule has 1 N–H and O–H groups in total. The third-order valence-corrected chi connectivity index (χ3v) is 4.73. The van der Waals surface area contributed by atoms with E-state index >= 15 is 0 Å². The summed E-state index contributed by atoms with van der Waals surface area (Å²) in [7, 11) is -2.46. The van der Waals surface area contributed by atoms with E-state index in [2.05, 4.69) is 0 Å². The van der Waals surface area contributed by atoms with Crippen LogP contribution in [0.4, 0.5) is 5.69 Å². The predicted molar refractivity (Wildman–Crippen MR) is 72.4 cm³/mol. The van der Waals surface area contributed by atoms with Crippen LogP contribution in [-0.2, 0) is 10.0 Å². The lowest BCUT2D eigenvalue weighted by atomic mass is 10.3. The molecule has 2 rings (SSSR count). The van der Waals surface area contributed by atoms with Gasteiger partial charge in [0.1, 0.15) is 10.7 Å². The molecule has 0 bridgehead atoms. The Morgan fingerprint density at radius 3 is 2.35 bits per heavy atom. The smallest absolute Gasteiger partial charge is 0.371 e. The summed E-state index contributed by atoms with van der Waals surface area (Å²) < 4.78 is 30.9. The van der Waals surface area contributed by atoms with Crippen molar-refractivity contribution < 1.29 is 22.7 Å². The van der Waals surface area contributed by atoms with Crippen molar-refractivity contribution in [3.8, 4) is 0 Å². The summed E-state index contributed by atoms with van der Waals surface area (Å²) in [6.45, 7) is 1.41. The van der Waals surface area contributed by atoms with E-state index in [1.807, 2.05) is 0 Å². The standard InChI is InChI=1S/C13H13NO5S/c1-9-12(8-11(19-9)13(15)16)20(17,18)14(2)10-6-4-3-5-7-10/h3-8H,1-2H3,(H,15,16). The molecule has 1 heterocycles. The van der Waals surface area contributed by atoms with Crippen LogP contribution in [-0.4, -0.2) is 26.5 Å². The Labute approximate surface area is 116 Å². The average molecular weight is 295 g/mol. The van der Waals surface area contributed by atoms with E-state index in [1.165, 1.54) is 14.0 Å². The summed E-state index contributed by atoms with van der Waals surface area (Å²) in [5.41, 5.74) is 0.477. The Morgan fingerprint density at radius 2 is 1.85 bits per heavy atom. The Balaban J connectivity index is 2.48. The van der Waals surface area contributed by atoms with Crippen LogP contribution in [0.25, 0.3) is 0 Å². The van der Waals surface area contributed by atoms with Crippen molar-refractivity contribution in [2.75, 3.05) is 11.4 Å². The fraction of sp³-hybridized carbons (Fsp3) is 0.154. The van der Waals surface area contributed by atoms with Gasteiger partial charge in [-0.25, -0.2) is 13.2 Å². The lowest BCUT2D eigenvalue weighted by Gasteiger charge is -2.18. The van der Waals surface area contributed by atoms with Gasteiger partial charge in [-0.15, -0.1) is 0 Å². The van der Waals surface area contributed by atoms with Gasteiger partial charge in [-0.1, -0.05) is 18.2 Å². The lowest BCUT2D eigenvalue weighted by molar-refractivity contribution is 0.0661. The van der Waals surface area contributed by atoms with Crippen LogP contribution in [0.2, 0.25) is 0 Å². The molecule has 6 nitrogen and oxygen atoms in total. The maximum atomic E-state index is 12.5. The van der Waals surface area contributed by atoms with E-state index < -0.39 is 21.8 Å². The molecular weight excluding hydrogens is 282 g/mol. The second-order valence-electron chi connectivity index (χ2n) is 4.14. The fourth-order valence-corrected chi connectivity index (χ4v) is 3.11. The number of hydrogen-bond acceptors (Lipinski definition) is 4. The van der Waals surface area contributed by atoms with Crippen molar-refractivity contribution in [1.29, 1.82) is 0 Å². The molecule has 2 aromatic rings. The summed E-state index contributed by atoms with van der Waals surface area (Å²) in [5, 5.41) is 8.84. The van der Waals surface area contributed by atoms with Crippen molar-refractivity contribution in [2.45, 2.75) is 11.8 Å². The van der Waals surface area contributed by atoms with Gasteiger partial charge < -0.3 is 9.52 Å². The fourth-order valence-electron chi connectivity index (χ4n) is 1.75. The molecule has 0 spiro atoms. The van der Waals surface area contributed by atoms with Gasteiger partial charge in [0.25, 0.3) is 10.0 Å². The Hall–Kier alpha value is -2.28. The highest BCUT2D eigenvalue weighted by molar-refractivity contribution is 7.92. The molecule has 7 heteroatoms. The lowest BCUT2D eigenvalue weighted by Crippen LogP contribution is -2.26. The van der Waals surface area contributed by atoms with Crippen LogP contribution in [0.15, 0.2) is 45.7 Å². The minimum absolute atomic E-state index is 0.0465. The van der Waals surface area contributed by atoms with Gasteiger partial charge in [0.05, 0.1) is 5.69 Å². The number of hydrogen-bond donors (Lipinski definition) is 1. The number of nitrogens with zero attached hydrogens (tertiary/aromatic N) is 1. The monoisotopic (exact) mass is 295 g/mol. The highest BCUT2D eigenvalue weighted by Crippen LogP contribution is 2.26. The maximum absolute atomic E-state index is 12.5. The van der Waals surface area contributed by atoms with Crippen LogP contribution < -0.4 is 4.31 Å². The average Bonchev–Trinajstić information content (AvgIpc) is 2.82. The number of sulfonamides is 1. The first-order chi connectivity index (χ1) is 9.34. The van der Waals surface area contributed by atoms with E-state index in [0.717, 1.165) is 10.4 Å². The zero-order chi connectivity index (χ0) is 14.9. The highest BCUT2D eigenvalue weighted by atomic mass is 32.2. The number of carboxylic acids is 1. The summed E-state index contributed by atoms with van der Waals surface area (Å²) in [4.78, 5) is 10.7. The minimum Gasteiger partial charge on any atom is -0.475 e. The van der Waals surface area contributed by atoms with Crippen LogP contribution >= 0.6 is 0 Å². The molecule has 106 valence electrons. The van der Waals surface area contributed by atoms with Crippen molar-refractivity contribution >= 4 is 21.7 Å². The molecule has 20 heavy (non-hydrogen) atoms. The molecule has 0 atom stereocenters. The first-order valence-electron chi connectivity index (χ1n) is 5.71. The van der Waals surface area contributed by atoms with E-state index in [0.29, 0.717) is 5.69 Å². The highest BCUT2D eigenvalue weighted by Gasteiger charge is 2.28. The molecule has 0 saturated carbocycles. The van der Waals surface area contributed by atoms with Crippen LogP contribution in [0.1, 0.15) is 16.3 Å². The summed E-state index contributed by atoms with van der Waals surface area (Å²) in [6.07, 6.45) is 0. The summed E-state index contributed by atoms with van der Waals surface area (Å²) in [5.74, 6) is -1.66. The molecule has 0 radical (unpaired) electrons. The molecule has 0 aliphatic rings. The van der Waals surface area contributed by atoms with E-state index in [4.69, 9.17) is 9.52 Å². The number of carbonyl (C=O) groups is 1. The van der Waals surface area contributed by atoms with Gasteiger partial charge in [-0.2, -0.15) is 0 Å². The molecule has 0 aliphatic heterocycles. The molecule has 0 amide bonds. The van der Waals surface area contributed by atoms with Crippen molar-refractivity contribution in [2.24, 2.45) is 0 Å². The topological polar surface area (TPSA) is 87.8 Å². The summed E-state index contributed by atoms with van der Waals surface area (Å²) in [6, 6.07) is 9.51. The number of aromatic carboxylic acids is 1. The predicted octanol–water partition coefficient (Wildman–Crippen LogP) is 2.11. The summed E-state index contributed by atoms with van der Waals surface area (Å²) >= 11 is 0. The van der Waals surface area contributed by atoms with E-state index in [9.17, 15) is 13.2 Å². The second kappa shape index (κ2) is 5.01. The Morgan fingerprint density at radius 1 is 1.25 bits per heavy atom. The number of benzene rings is 1. The molecule has 0 aliphatic carbocycles. The van der Waals surface area contributed by atoms with Crippen LogP contribution in [0.3, 0.4) is 0 Å². The van der Waals surface area contributed by atoms with Gasteiger partial charge >= 0.3 is 5.97 Å². The van der Waals surface area contributed by atoms with Gasteiger partial charge in [0, 0.05) is 13.1 Å². The number of anilines is 1.